The van der Waals surface area contributed by atoms with Crippen molar-refractivity contribution in [1.82, 2.24) is 10.2 Å². The Balaban J connectivity index is 2.13. The van der Waals surface area contributed by atoms with Gasteiger partial charge >= 0.3 is 0 Å². The summed E-state index contributed by atoms with van der Waals surface area (Å²) in [4.78, 5) is 41.4. The van der Waals surface area contributed by atoms with Crippen LogP contribution in [0.4, 0.5) is 4.39 Å². The molecule has 1 aliphatic carbocycles. The highest BCUT2D eigenvalue weighted by molar-refractivity contribution is 6.03. The maximum atomic E-state index is 15.0. The highest BCUT2D eigenvalue weighted by Gasteiger charge is 2.50. The number of nitrogens with zero attached hydrogens (tertiary/aromatic N) is 1. The average Bonchev–Trinajstić information content (AvgIpc) is 2.97. The predicted octanol–water partition coefficient (Wildman–Crippen LogP) is 2.93. The second-order valence-electron chi connectivity index (χ2n) is 10.6. The third-order valence-corrected chi connectivity index (χ3v) is 7.52. The first-order chi connectivity index (χ1) is 20.1. The van der Waals surface area contributed by atoms with Crippen molar-refractivity contribution in [3.63, 3.8) is 0 Å². The van der Waals surface area contributed by atoms with Gasteiger partial charge in [0.2, 0.25) is 17.7 Å². The molecule has 0 fully saturated rings. The van der Waals surface area contributed by atoms with E-state index >= 15 is 4.39 Å². The van der Waals surface area contributed by atoms with Gasteiger partial charge in [-0.25, -0.2) is 4.39 Å². The fourth-order valence-electron chi connectivity index (χ4n) is 5.59. The van der Waals surface area contributed by atoms with Gasteiger partial charge in [-0.2, -0.15) is 0 Å². The molecule has 1 unspecified atom stereocenters. The molecular weight excluding hydrogens is 539 g/mol. The number of rotatable bonds is 15. The Morgan fingerprint density at radius 1 is 1.10 bits per heavy atom. The van der Waals surface area contributed by atoms with E-state index in [1.807, 2.05) is 44.2 Å². The van der Waals surface area contributed by atoms with E-state index in [-0.39, 0.29) is 41.3 Å². The standard InChI is InChI=1S/C32H41FN4O5/c1-4-13-37(14-5-2)30(40)24-15-23(29(34)39)17-32(18-24,31(35)41)28(22-11-12-27(42-3)25(33)16-22)26(38)20-36-19-21-9-7-6-8-10-21/h6-12,15-17,26,28,36,38H,4-5,13-14,18-20H2,1-3H3,(H2,34,39)(H2,35,41)/t26-,28+,32?/m0/s1. The van der Waals surface area contributed by atoms with Crippen LogP contribution >= 0.6 is 0 Å². The van der Waals surface area contributed by atoms with Gasteiger partial charge in [0.1, 0.15) is 0 Å². The van der Waals surface area contributed by atoms with E-state index in [2.05, 4.69) is 5.32 Å². The van der Waals surface area contributed by atoms with Crippen molar-refractivity contribution in [1.29, 1.82) is 0 Å². The highest BCUT2D eigenvalue weighted by Crippen LogP contribution is 2.48. The molecule has 0 heterocycles. The van der Waals surface area contributed by atoms with E-state index in [1.165, 1.54) is 37.5 Å². The number of halogens is 1. The second-order valence-corrected chi connectivity index (χ2v) is 10.6. The second kappa shape index (κ2) is 14.7. The number of nitrogens with one attached hydrogen (secondary N) is 1. The van der Waals surface area contributed by atoms with E-state index in [0.717, 1.165) is 5.56 Å². The minimum atomic E-state index is -1.79. The zero-order valence-electron chi connectivity index (χ0n) is 24.4. The van der Waals surface area contributed by atoms with E-state index in [1.54, 1.807) is 4.90 Å². The number of hydrogen-bond donors (Lipinski definition) is 4. The summed E-state index contributed by atoms with van der Waals surface area (Å²) in [5, 5.41) is 14.8. The number of aliphatic hydroxyl groups is 1. The third kappa shape index (κ3) is 7.43. The molecular formula is C32H41FN4O5. The summed E-state index contributed by atoms with van der Waals surface area (Å²) in [6.07, 6.45) is 2.62. The van der Waals surface area contributed by atoms with Gasteiger partial charge in [0.25, 0.3) is 0 Å². The summed E-state index contributed by atoms with van der Waals surface area (Å²) >= 11 is 0. The van der Waals surface area contributed by atoms with Crippen molar-refractivity contribution in [3.05, 3.63) is 88.8 Å². The van der Waals surface area contributed by atoms with Gasteiger partial charge in [0, 0.05) is 43.2 Å². The number of carbonyl (C=O) groups excluding carboxylic acids is 3. The van der Waals surface area contributed by atoms with Crippen molar-refractivity contribution in [2.75, 3.05) is 26.7 Å². The summed E-state index contributed by atoms with van der Waals surface area (Å²) in [5.41, 5.74) is 11.3. The van der Waals surface area contributed by atoms with Gasteiger partial charge in [-0.1, -0.05) is 56.3 Å². The summed E-state index contributed by atoms with van der Waals surface area (Å²) in [7, 11) is 1.33. The van der Waals surface area contributed by atoms with Crippen LogP contribution in [-0.4, -0.2) is 60.6 Å². The third-order valence-electron chi connectivity index (χ3n) is 7.52. The largest absolute Gasteiger partial charge is 0.494 e. The number of methoxy groups -OCH3 is 1. The summed E-state index contributed by atoms with van der Waals surface area (Å²) < 4.78 is 20.1. The molecule has 1 aliphatic rings. The number of carbonyl (C=O) groups is 3. The van der Waals surface area contributed by atoms with Crippen molar-refractivity contribution in [2.24, 2.45) is 16.9 Å². The lowest BCUT2D eigenvalue weighted by molar-refractivity contribution is -0.130. The molecule has 10 heteroatoms. The quantitative estimate of drug-likeness (QED) is 0.255. The van der Waals surface area contributed by atoms with Crippen LogP contribution in [0.3, 0.4) is 0 Å². The molecule has 2 aromatic rings. The van der Waals surface area contributed by atoms with Crippen LogP contribution in [0.15, 0.2) is 71.8 Å². The predicted molar refractivity (Wildman–Crippen MR) is 159 cm³/mol. The molecule has 42 heavy (non-hydrogen) atoms. The summed E-state index contributed by atoms with van der Waals surface area (Å²) in [5.74, 6) is -3.99. The lowest BCUT2D eigenvalue weighted by atomic mass is 9.62. The normalized spacial score (nSPS) is 17.9. The molecule has 0 radical (unpaired) electrons. The maximum Gasteiger partial charge on any atom is 0.249 e. The molecule has 226 valence electrons. The molecule has 3 amide bonds. The zero-order valence-corrected chi connectivity index (χ0v) is 24.4. The molecule has 6 N–H and O–H groups in total. The Hall–Kier alpha value is -4.02. The van der Waals surface area contributed by atoms with Gasteiger partial charge in [-0.05, 0) is 48.6 Å². The molecule has 0 spiro atoms. The van der Waals surface area contributed by atoms with Gasteiger partial charge in [0.05, 0.1) is 18.6 Å². The topological polar surface area (TPSA) is 148 Å². The molecule has 0 bridgehead atoms. The number of nitrogens with two attached hydrogens (primary N) is 2. The van der Waals surface area contributed by atoms with Crippen LogP contribution in [0.25, 0.3) is 0 Å². The fourth-order valence-corrected chi connectivity index (χ4v) is 5.59. The van der Waals surface area contributed by atoms with Crippen LogP contribution in [-0.2, 0) is 20.9 Å². The summed E-state index contributed by atoms with van der Waals surface area (Å²) in [6, 6.07) is 13.6. The van der Waals surface area contributed by atoms with Crippen LogP contribution < -0.4 is 21.5 Å². The Labute approximate surface area is 246 Å². The smallest absolute Gasteiger partial charge is 0.249 e. The minimum Gasteiger partial charge on any atom is -0.494 e. The minimum absolute atomic E-state index is 0.00717. The molecule has 0 aromatic heterocycles. The van der Waals surface area contributed by atoms with Crippen molar-refractivity contribution < 1.29 is 28.6 Å². The Bertz CT molecular complexity index is 1320. The molecule has 0 saturated carbocycles. The maximum absolute atomic E-state index is 15.0. The highest BCUT2D eigenvalue weighted by atomic mass is 19.1. The Morgan fingerprint density at radius 2 is 1.76 bits per heavy atom. The van der Waals surface area contributed by atoms with Gasteiger partial charge in [0.15, 0.2) is 11.6 Å². The summed E-state index contributed by atoms with van der Waals surface area (Å²) in [6.45, 7) is 5.25. The van der Waals surface area contributed by atoms with Crippen LogP contribution in [0, 0.1) is 11.2 Å². The number of hydrogen-bond acceptors (Lipinski definition) is 6. The average molecular weight is 581 g/mol. The molecule has 0 aliphatic heterocycles. The van der Waals surface area contributed by atoms with Gasteiger partial charge < -0.3 is 31.5 Å². The lowest BCUT2D eigenvalue weighted by Crippen LogP contribution is -2.50. The van der Waals surface area contributed by atoms with Gasteiger partial charge in [-0.15, -0.1) is 0 Å². The first-order valence-corrected chi connectivity index (χ1v) is 14.2. The van der Waals surface area contributed by atoms with Crippen LogP contribution in [0.1, 0.15) is 50.2 Å². The number of aliphatic hydroxyl groups excluding tert-OH is 1. The van der Waals surface area contributed by atoms with E-state index in [4.69, 9.17) is 16.2 Å². The molecule has 3 atom stereocenters. The van der Waals surface area contributed by atoms with Crippen molar-refractivity contribution in [3.8, 4) is 5.75 Å². The first kappa shape index (κ1) is 32.5. The van der Waals surface area contributed by atoms with E-state index < -0.39 is 35.1 Å². The zero-order chi connectivity index (χ0) is 30.9. The number of amides is 3. The number of ether oxygens (including phenoxy) is 1. The molecule has 0 saturated heterocycles. The van der Waals surface area contributed by atoms with Crippen molar-refractivity contribution >= 4 is 17.7 Å². The molecule has 3 rings (SSSR count). The Kier molecular flexibility index (Phi) is 11.4. The van der Waals surface area contributed by atoms with E-state index in [0.29, 0.717) is 32.5 Å². The first-order valence-electron chi connectivity index (χ1n) is 14.2. The number of benzene rings is 2. The molecule has 2 aromatic carbocycles. The van der Waals surface area contributed by atoms with Gasteiger partial charge in [-0.3, -0.25) is 14.4 Å². The molecule has 9 nitrogen and oxygen atoms in total. The lowest BCUT2D eigenvalue weighted by Gasteiger charge is -2.42. The SMILES string of the molecule is CCCN(CCC)C(=O)C1=CC(C(N)=O)=CC(C(N)=O)([C@H](c2ccc(OC)c(F)c2)[C@@H](O)CNCc2ccccc2)C1. The van der Waals surface area contributed by atoms with Crippen LogP contribution in [0.2, 0.25) is 0 Å². The van der Waals surface area contributed by atoms with Crippen LogP contribution in [0.5, 0.6) is 5.75 Å². The fraction of sp³-hybridized carbons (Fsp3) is 0.406. The number of primary amides is 2. The van der Waals surface area contributed by atoms with Crippen molar-refractivity contribution in [2.45, 2.75) is 51.7 Å². The monoisotopic (exact) mass is 580 g/mol. The Morgan fingerprint density at radius 3 is 2.31 bits per heavy atom. The van der Waals surface area contributed by atoms with E-state index in [9.17, 15) is 19.5 Å².